The first-order valence-electron chi connectivity index (χ1n) is 5.12. The quantitative estimate of drug-likeness (QED) is 0.739. The summed E-state index contributed by atoms with van der Waals surface area (Å²) in [4.78, 5) is 11.7. The van der Waals surface area contributed by atoms with E-state index in [2.05, 4.69) is 17.6 Å². The smallest absolute Gasteiger partial charge is 0.265 e. The summed E-state index contributed by atoms with van der Waals surface area (Å²) in [6.07, 6.45) is 5.19. The molecule has 0 bridgehead atoms. The normalized spacial score (nSPS) is 16.3. The van der Waals surface area contributed by atoms with E-state index in [9.17, 15) is 4.79 Å². The van der Waals surface area contributed by atoms with Crippen molar-refractivity contribution in [1.29, 1.82) is 0 Å². The van der Waals surface area contributed by atoms with E-state index in [4.69, 9.17) is 0 Å². The molecule has 0 atom stereocenters. The Balaban J connectivity index is 1.95. The SMILES string of the molecule is O=C(NN1CC=CCC1)c1ccccc1. The van der Waals surface area contributed by atoms with E-state index < -0.39 is 0 Å². The number of hydrogen-bond acceptors (Lipinski definition) is 2. The van der Waals surface area contributed by atoms with Crippen LogP contribution in [-0.2, 0) is 0 Å². The summed E-state index contributed by atoms with van der Waals surface area (Å²) in [7, 11) is 0. The largest absolute Gasteiger partial charge is 0.284 e. The fraction of sp³-hybridized carbons (Fsp3) is 0.250. The van der Waals surface area contributed by atoms with Crippen molar-refractivity contribution < 1.29 is 4.79 Å². The second kappa shape index (κ2) is 4.75. The van der Waals surface area contributed by atoms with Crippen LogP contribution in [0.2, 0.25) is 0 Å². The molecule has 3 heteroatoms. The summed E-state index contributed by atoms with van der Waals surface area (Å²) in [5, 5.41) is 1.93. The van der Waals surface area contributed by atoms with Crippen LogP contribution >= 0.6 is 0 Å². The van der Waals surface area contributed by atoms with Gasteiger partial charge in [-0.25, -0.2) is 5.01 Å². The number of carbonyl (C=O) groups excluding carboxylic acids is 1. The molecule has 0 aromatic heterocycles. The van der Waals surface area contributed by atoms with Crippen LogP contribution in [0.4, 0.5) is 0 Å². The minimum atomic E-state index is -0.0362. The number of carbonyl (C=O) groups is 1. The number of nitrogens with zero attached hydrogens (tertiary/aromatic N) is 1. The van der Waals surface area contributed by atoms with E-state index in [-0.39, 0.29) is 5.91 Å². The number of hydrogen-bond donors (Lipinski definition) is 1. The average Bonchev–Trinajstić information content (AvgIpc) is 2.31. The van der Waals surface area contributed by atoms with Gasteiger partial charge in [0.05, 0.1) is 0 Å². The van der Waals surface area contributed by atoms with Crippen LogP contribution in [-0.4, -0.2) is 24.0 Å². The van der Waals surface area contributed by atoms with E-state index >= 15 is 0 Å². The maximum absolute atomic E-state index is 11.7. The van der Waals surface area contributed by atoms with Crippen molar-refractivity contribution in [3.63, 3.8) is 0 Å². The molecule has 0 saturated carbocycles. The Hall–Kier alpha value is -1.61. The molecule has 0 radical (unpaired) electrons. The minimum absolute atomic E-state index is 0.0362. The first-order chi connectivity index (χ1) is 7.36. The highest BCUT2D eigenvalue weighted by molar-refractivity contribution is 5.93. The molecule has 0 fully saturated rings. The highest BCUT2D eigenvalue weighted by Crippen LogP contribution is 2.01. The molecule has 1 heterocycles. The lowest BCUT2D eigenvalue weighted by Gasteiger charge is -2.23. The number of rotatable bonds is 2. The first-order valence-corrected chi connectivity index (χ1v) is 5.12. The van der Waals surface area contributed by atoms with Crippen molar-refractivity contribution in [3.8, 4) is 0 Å². The molecule has 1 aliphatic rings. The van der Waals surface area contributed by atoms with Crippen molar-refractivity contribution in [2.75, 3.05) is 13.1 Å². The number of benzene rings is 1. The summed E-state index contributed by atoms with van der Waals surface area (Å²) < 4.78 is 0. The Bertz CT molecular complexity index is 359. The third-order valence-electron chi connectivity index (χ3n) is 2.35. The molecular weight excluding hydrogens is 188 g/mol. The molecular formula is C12H14N2O. The standard InChI is InChI=1S/C12H14N2O/c15-12(11-7-3-1-4-8-11)13-14-9-5-2-6-10-14/h1-5,7-8H,6,9-10H2,(H,13,15). The molecule has 1 amide bonds. The molecule has 78 valence electrons. The molecule has 1 aromatic carbocycles. The summed E-state index contributed by atoms with van der Waals surface area (Å²) >= 11 is 0. The lowest BCUT2D eigenvalue weighted by atomic mass is 10.2. The minimum Gasteiger partial charge on any atom is -0.284 e. The maximum Gasteiger partial charge on any atom is 0.265 e. The van der Waals surface area contributed by atoms with E-state index in [1.54, 1.807) is 0 Å². The van der Waals surface area contributed by atoms with E-state index in [1.807, 2.05) is 35.3 Å². The highest BCUT2D eigenvalue weighted by Gasteiger charge is 2.10. The van der Waals surface area contributed by atoms with E-state index in [0.29, 0.717) is 5.56 Å². The van der Waals surface area contributed by atoms with Gasteiger partial charge < -0.3 is 0 Å². The molecule has 15 heavy (non-hydrogen) atoms. The summed E-state index contributed by atoms with van der Waals surface area (Å²) in [6, 6.07) is 9.26. The van der Waals surface area contributed by atoms with Gasteiger partial charge in [-0.2, -0.15) is 0 Å². The maximum atomic E-state index is 11.7. The lowest BCUT2D eigenvalue weighted by Crippen LogP contribution is -2.43. The summed E-state index contributed by atoms with van der Waals surface area (Å²) in [5.41, 5.74) is 3.58. The third-order valence-corrected chi connectivity index (χ3v) is 2.35. The predicted octanol–water partition coefficient (Wildman–Crippen LogP) is 1.59. The van der Waals surface area contributed by atoms with Gasteiger partial charge in [-0.15, -0.1) is 0 Å². The zero-order chi connectivity index (χ0) is 10.5. The van der Waals surface area contributed by atoms with Crippen LogP contribution in [0, 0.1) is 0 Å². The molecule has 2 rings (SSSR count). The van der Waals surface area contributed by atoms with Gasteiger partial charge in [0.2, 0.25) is 0 Å². The lowest BCUT2D eigenvalue weighted by molar-refractivity contribution is 0.0804. The average molecular weight is 202 g/mol. The van der Waals surface area contributed by atoms with Crippen molar-refractivity contribution in [2.45, 2.75) is 6.42 Å². The Morgan fingerprint density at radius 1 is 1.20 bits per heavy atom. The van der Waals surface area contributed by atoms with Gasteiger partial charge in [0, 0.05) is 18.7 Å². The van der Waals surface area contributed by atoms with Crippen LogP contribution < -0.4 is 5.43 Å². The van der Waals surface area contributed by atoms with Crippen molar-refractivity contribution >= 4 is 5.91 Å². The van der Waals surface area contributed by atoms with Gasteiger partial charge in [0.25, 0.3) is 5.91 Å². The zero-order valence-corrected chi connectivity index (χ0v) is 8.52. The first kappa shape index (κ1) is 9.93. The van der Waals surface area contributed by atoms with Crippen molar-refractivity contribution in [3.05, 3.63) is 48.0 Å². The van der Waals surface area contributed by atoms with Crippen LogP contribution in [0.15, 0.2) is 42.5 Å². The Morgan fingerprint density at radius 3 is 2.67 bits per heavy atom. The Morgan fingerprint density at radius 2 is 2.00 bits per heavy atom. The van der Waals surface area contributed by atoms with E-state index in [1.165, 1.54) is 0 Å². The molecule has 0 unspecified atom stereocenters. The second-order valence-corrected chi connectivity index (χ2v) is 3.51. The topological polar surface area (TPSA) is 32.3 Å². The molecule has 0 saturated heterocycles. The molecule has 0 spiro atoms. The Kier molecular flexibility index (Phi) is 3.15. The van der Waals surface area contributed by atoms with Crippen molar-refractivity contribution in [2.24, 2.45) is 0 Å². The predicted molar refractivity (Wildman–Crippen MR) is 59.2 cm³/mol. The van der Waals surface area contributed by atoms with Crippen LogP contribution in [0.3, 0.4) is 0 Å². The number of amides is 1. The van der Waals surface area contributed by atoms with Crippen LogP contribution in [0.5, 0.6) is 0 Å². The van der Waals surface area contributed by atoms with E-state index in [0.717, 1.165) is 19.5 Å². The monoisotopic (exact) mass is 202 g/mol. The van der Waals surface area contributed by atoms with Gasteiger partial charge in [0.15, 0.2) is 0 Å². The summed E-state index contributed by atoms with van der Waals surface area (Å²) in [5.74, 6) is -0.0362. The fourth-order valence-electron chi connectivity index (χ4n) is 1.54. The van der Waals surface area contributed by atoms with Crippen LogP contribution in [0.1, 0.15) is 16.8 Å². The molecule has 1 aromatic rings. The van der Waals surface area contributed by atoms with Gasteiger partial charge in [-0.05, 0) is 18.6 Å². The molecule has 1 N–H and O–H groups in total. The zero-order valence-electron chi connectivity index (χ0n) is 8.52. The number of hydrazine groups is 1. The molecule has 0 aliphatic carbocycles. The highest BCUT2D eigenvalue weighted by atomic mass is 16.2. The number of nitrogens with one attached hydrogen (secondary N) is 1. The van der Waals surface area contributed by atoms with Crippen molar-refractivity contribution in [1.82, 2.24) is 10.4 Å². The Labute approximate surface area is 89.4 Å². The van der Waals surface area contributed by atoms with Gasteiger partial charge in [-0.3, -0.25) is 10.2 Å². The molecule has 3 nitrogen and oxygen atoms in total. The van der Waals surface area contributed by atoms with Crippen LogP contribution in [0.25, 0.3) is 0 Å². The van der Waals surface area contributed by atoms with Gasteiger partial charge in [-0.1, -0.05) is 30.4 Å². The molecule has 1 aliphatic heterocycles. The van der Waals surface area contributed by atoms with Gasteiger partial charge >= 0.3 is 0 Å². The van der Waals surface area contributed by atoms with Gasteiger partial charge in [0.1, 0.15) is 0 Å². The third kappa shape index (κ3) is 2.67. The summed E-state index contributed by atoms with van der Waals surface area (Å²) in [6.45, 7) is 1.67. The fourth-order valence-corrected chi connectivity index (χ4v) is 1.54. The second-order valence-electron chi connectivity index (χ2n) is 3.51.